The van der Waals surface area contributed by atoms with Crippen LogP contribution in [0.1, 0.15) is 39.9 Å². The lowest BCUT2D eigenvalue weighted by Crippen LogP contribution is -2.51. The summed E-state index contributed by atoms with van der Waals surface area (Å²) in [5.41, 5.74) is 1.64. The monoisotopic (exact) mass is 749 g/mol. The van der Waals surface area contributed by atoms with Gasteiger partial charge in [0.2, 0.25) is 11.7 Å². The number of alkyl halides is 3. The fraction of sp³-hybridized carbons (Fsp3) is 0.294. The lowest BCUT2D eigenvalue weighted by atomic mass is 10.2. The van der Waals surface area contributed by atoms with Crippen LogP contribution in [0.3, 0.4) is 0 Å². The number of carbonyl (C=O) groups is 2. The molecule has 274 valence electrons. The van der Waals surface area contributed by atoms with Crippen molar-refractivity contribution < 1.29 is 27.9 Å². The van der Waals surface area contributed by atoms with Crippen molar-refractivity contribution in [3.05, 3.63) is 92.6 Å². The number of aromatic hydroxyl groups is 1. The third kappa shape index (κ3) is 6.49. The number of anilines is 2. The summed E-state index contributed by atoms with van der Waals surface area (Å²) in [7, 11) is 0. The maximum atomic E-state index is 14.3. The molecule has 0 radical (unpaired) electrons. The number of nitrogens with one attached hydrogen (secondary N) is 1. The molecule has 53 heavy (non-hydrogen) atoms. The Balaban J connectivity index is 1.27. The highest BCUT2D eigenvalue weighted by Crippen LogP contribution is 2.34. The van der Waals surface area contributed by atoms with E-state index < -0.39 is 35.7 Å². The molecule has 1 aliphatic heterocycles. The maximum Gasteiger partial charge on any atom is 0.416 e. The molecule has 0 bridgehead atoms. The molecular weight excluding hydrogens is 719 g/mol. The number of benzene rings is 1. The van der Waals surface area contributed by atoms with Gasteiger partial charge in [0.05, 0.1) is 39.4 Å². The van der Waals surface area contributed by atoms with E-state index in [4.69, 9.17) is 16.6 Å². The summed E-state index contributed by atoms with van der Waals surface area (Å²) in [6, 6.07) is 6.20. The van der Waals surface area contributed by atoms with Crippen molar-refractivity contribution in [1.29, 1.82) is 0 Å². The van der Waals surface area contributed by atoms with E-state index in [-0.39, 0.29) is 77.7 Å². The Morgan fingerprint density at radius 1 is 1.06 bits per heavy atom. The van der Waals surface area contributed by atoms with Crippen LogP contribution in [0, 0.1) is 13.8 Å². The smallest absolute Gasteiger partial charge is 0.416 e. The number of halogens is 4. The van der Waals surface area contributed by atoms with Crippen molar-refractivity contribution in [1.82, 2.24) is 43.6 Å². The first kappa shape index (κ1) is 35.4. The summed E-state index contributed by atoms with van der Waals surface area (Å²) in [6.45, 7) is 5.67. The summed E-state index contributed by atoms with van der Waals surface area (Å²) in [5, 5.41) is 21.6. The molecule has 6 heterocycles. The second-order valence-electron chi connectivity index (χ2n) is 12.4. The first-order valence-electron chi connectivity index (χ1n) is 16.4. The Hall–Kier alpha value is -6.04. The number of fused-ring (bicyclic) bond motifs is 2. The topological polar surface area (TPSA) is 168 Å². The average Bonchev–Trinajstić information content (AvgIpc) is 3.75. The number of aryl methyl sites for hydroxylation is 2. The van der Waals surface area contributed by atoms with Crippen LogP contribution in [0.2, 0.25) is 5.02 Å². The number of piperazine rings is 1. The zero-order chi connectivity index (χ0) is 37.8. The molecule has 6 aromatic rings. The highest BCUT2D eigenvalue weighted by Gasteiger charge is 2.32. The Bertz CT molecular complexity index is 2490. The second-order valence-corrected chi connectivity index (χ2v) is 12.8. The van der Waals surface area contributed by atoms with Gasteiger partial charge in [0.1, 0.15) is 18.6 Å². The van der Waals surface area contributed by atoms with Gasteiger partial charge in [0.25, 0.3) is 11.5 Å². The molecule has 0 saturated carbocycles. The number of amides is 2. The maximum absolute atomic E-state index is 14.3. The van der Waals surface area contributed by atoms with E-state index in [1.807, 2.05) is 19.9 Å². The zero-order valence-corrected chi connectivity index (χ0v) is 29.3. The minimum atomic E-state index is -4.62. The Kier molecular flexibility index (Phi) is 9.01. The molecular formula is C34H31ClF3N11O4. The van der Waals surface area contributed by atoms with Crippen LogP contribution in [0.5, 0.6) is 5.75 Å². The van der Waals surface area contributed by atoms with E-state index >= 15 is 0 Å². The first-order chi connectivity index (χ1) is 25.2. The lowest BCUT2D eigenvalue weighted by Gasteiger charge is -2.36. The van der Waals surface area contributed by atoms with Gasteiger partial charge in [-0.25, -0.2) is 14.5 Å². The quantitative estimate of drug-likeness (QED) is 0.242. The van der Waals surface area contributed by atoms with Gasteiger partial charge in [-0.05, 0) is 56.2 Å². The number of nitrogens with zero attached hydrogens (tertiary/aromatic N) is 10. The largest absolute Gasteiger partial charge is 0.504 e. The Morgan fingerprint density at radius 2 is 1.81 bits per heavy atom. The Morgan fingerprint density at radius 3 is 2.51 bits per heavy atom. The molecule has 1 aliphatic rings. The third-order valence-electron chi connectivity index (χ3n) is 9.10. The Labute approximate surface area is 303 Å². The van der Waals surface area contributed by atoms with E-state index in [2.05, 4.69) is 25.5 Å². The van der Waals surface area contributed by atoms with Crippen LogP contribution in [0.15, 0.2) is 53.8 Å². The zero-order valence-electron chi connectivity index (χ0n) is 28.5. The molecule has 0 spiro atoms. The molecule has 2 N–H and O–H groups in total. The van der Waals surface area contributed by atoms with Crippen molar-refractivity contribution in [2.24, 2.45) is 0 Å². The van der Waals surface area contributed by atoms with Crippen LogP contribution < -0.4 is 15.8 Å². The predicted molar refractivity (Wildman–Crippen MR) is 187 cm³/mol. The van der Waals surface area contributed by atoms with E-state index in [9.17, 15) is 32.7 Å². The number of carbonyl (C=O) groups excluding carboxylic acids is 2. The number of pyridine rings is 1. The molecule has 19 heteroatoms. The highest BCUT2D eigenvalue weighted by atomic mass is 35.5. The SMILES string of the molecule is CCc1c(N2CCN(C(=O)c3ncnc(C)c3O)CC2)c(=O)n2nc(-c3ccn4ncc(C)c4c3)nc2n1CC(=O)Nc1ccc(C(F)(F)F)cc1Cl. The first-order valence-corrected chi connectivity index (χ1v) is 16.8. The van der Waals surface area contributed by atoms with Crippen molar-refractivity contribution in [2.75, 3.05) is 36.4 Å². The minimum absolute atomic E-state index is 0.0302. The molecule has 1 saturated heterocycles. The number of hydrogen-bond donors (Lipinski definition) is 2. The van der Waals surface area contributed by atoms with Gasteiger partial charge in [-0.15, -0.1) is 5.10 Å². The minimum Gasteiger partial charge on any atom is -0.504 e. The summed E-state index contributed by atoms with van der Waals surface area (Å²) >= 11 is 6.14. The average molecular weight is 750 g/mol. The number of aromatic nitrogens is 8. The summed E-state index contributed by atoms with van der Waals surface area (Å²) < 4.78 is 44.1. The van der Waals surface area contributed by atoms with Crippen molar-refractivity contribution in [2.45, 2.75) is 39.9 Å². The van der Waals surface area contributed by atoms with Crippen LogP contribution in [0.25, 0.3) is 22.7 Å². The van der Waals surface area contributed by atoms with Crippen LogP contribution in [0.4, 0.5) is 24.5 Å². The van der Waals surface area contributed by atoms with Crippen molar-refractivity contribution >= 4 is 46.1 Å². The molecule has 5 aromatic heterocycles. The van der Waals surface area contributed by atoms with Gasteiger partial charge >= 0.3 is 6.18 Å². The normalized spacial score (nSPS) is 13.6. The molecule has 1 aromatic carbocycles. The lowest BCUT2D eigenvalue weighted by molar-refractivity contribution is -0.137. The molecule has 0 aliphatic carbocycles. The van der Waals surface area contributed by atoms with Crippen LogP contribution in [-0.2, 0) is 23.9 Å². The van der Waals surface area contributed by atoms with Crippen LogP contribution in [-0.4, -0.2) is 86.7 Å². The molecule has 0 unspecified atom stereocenters. The second kappa shape index (κ2) is 13.5. The predicted octanol–water partition coefficient (Wildman–Crippen LogP) is 4.15. The molecule has 15 nitrogen and oxygen atoms in total. The fourth-order valence-corrected chi connectivity index (χ4v) is 6.55. The van der Waals surface area contributed by atoms with Gasteiger partial charge in [-0.1, -0.05) is 18.5 Å². The molecule has 2 amide bonds. The van der Waals surface area contributed by atoms with E-state index in [1.54, 1.807) is 39.4 Å². The van der Waals surface area contributed by atoms with Gasteiger partial charge in [-0.3, -0.25) is 14.4 Å². The fourth-order valence-electron chi connectivity index (χ4n) is 6.33. The number of hydrogen-bond acceptors (Lipinski definition) is 10. The summed E-state index contributed by atoms with van der Waals surface area (Å²) in [4.78, 5) is 57.1. The van der Waals surface area contributed by atoms with Gasteiger partial charge in [0.15, 0.2) is 17.3 Å². The van der Waals surface area contributed by atoms with Crippen molar-refractivity contribution in [3.8, 4) is 17.1 Å². The van der Waals surface area contributed by atoms with E-state index in [0.29, 0.717) is 11.3 Å². The standard InChI is InChI=1S/C34H31ClF3N11O4/c1-4-24-28(45-9-11-46(12-10-45)31(52)27-29(51)19(3)39-17-40-27)32(53)49-33(43-30(44-49)20-7-8-48-25(13-20)18(2)15-41-48)47(24)16-26(50)42-23-6-5-21(14-22(23)35)34(36,37)38/h5-8,13-15,17,51H,4,9-12,16H2,1-3H3,(H,42,50). The summed E-state index contributed by atoms with van der Waals surface area (Å²) in [5.74, 6) is -1.16. The third-order valence-corrected chi connectivity index (χ3v) is 9.41. The van der Waals surface area contributed by atoms with Crippen LogP contribution >= 0.6 is 11.6 Å². The highest BCUT2D eigenvalue weighted by molar-refractivity contribution is 6.33. The molecule has 7 rings (SSSR count). The molecule has 1 fully saturated rings. The van der Waals surface area contributed by atoms with Crippen molar-refractivity contribution in [3.63, 3.8) is 0 Å². The van der Waals surface area contributed by atoms with Gasteiger partial charge in [-0.2, -0.15) is 27.8 Å². The number of rotatable bonds is 7. The van der Waals surface area contributed by atoms with Gasteiger partial charge in [0, 0.05) is 37.9 Å². The van der Waals surface area contributed by atoms with Gasteiger partial charge < -0.3 is 24.8 Å². The van der Waals surface area contributed by atoms with E-state index in [1.165, 1.54) is 11.2 Å². The summed E-state index contributed by atoms with van der Waals surface area (Å²) in [6.07, 6.45) is 0.301. The molecule has 0 atom stereocenters. The van der Waals surface area contributed by atoms with E-state index in [0.717, 1.165) is 33.8 Å².